The van der Waals surface area contributed by atoms with Gasteiger partial charge < -0.3 is 10.6 Å². The maximum absolute atomic E-state index is 5.82. The maximum Gasteiger partial charge on any atom is 0.208 e. The standard InChI is InChI=1S/C14H31N5/c1-10(2)16-12-6-8-13(9-7-12)18-14(19(5)15)17-11(3)4/h10-13,16H,6-9,15H2,1-5H3,(H,17,18). The number of rotatable bonds is 4. The molecule has 0 spiro atoms. The fourth-order valence-electron chi connectivity index (χ4n) is 2.50. The van der Waals surface area contributed by atoms with Crippen molar-refractivity contribution in [1.82, 2.24) is 15.6 Å². The van der Waals surface area contributed by atoms with E-state index in [1.165, 1.54) is 12.8 Å². The monoisotopic (exact) mass is 269 g/mol. The molecule has 1 rings (SSSR count). The van der Waals surface area contributed by atoms with Crippen molar-refractivity contribution < 1.29 is 0 Å². The molecule has 0 radical (unpaired) electrons. The highest BCUT2D eigenvalue weighted by Crippen LogP contribution is 2.21. The predicted molar refractivity (Wildman–Crippen MR) is 82.0 cm³/mol. The Bertz CT molecular complexity index is 278. The molecule has 0 atom stereocenters. The summed E-state index contributed by atoms with van der Waals surface area (Å²) in [5.74, 6) is 6.62. The number of aliphatic imine (C=N–C) groups is 1. The van der Waals surface area contributed by atoms with Gasteiger partial charge in [0.2, 0.25) is 5.96 Å². The molecule has 5 nitrogen and oxygen atoms in total. The Labute approximate surface area is 118 Å². The molecule has 0 aromatic rings. The molecule has 0 aromatic carbocycles. The van der Waals surface area contributed by atoms with E-state index < -0.39 is 0 Å². The Morgan fingerprint density at radius 3 is 2.11 bits per heavy atom. The van der Waals surface area contributed by atoms with Crippen molar-refractivity contribution in [2.24, 2.45) is 10.8 Å². The van der Waals surface area contributed by atoms with Crippen molar-refractivity contribution in [2.45, 2.75) is 77.5 Å². The zero-order valence-corrected chi connectivity index (χ0v) is 13.1. The summed E-state index contributed by atoms with van der Waals surface area (Å²) < 4.78 is 0. The van der Waals surface area contributed by atoms with Crippen LogP contribution in [0, 0.1) is 0 Å². The van der Waals surface area contributed by atoms with Crippen LogP contribution >= 0.6 is 0 Å². The van der Waals surface area contributed by atoms with Gasteiger partial charge in [0, 0.05) is 25.2 Å². The van der Waals surface area contributed by atoms with E-state index in [1.807, 2.05) is 7.05 Å². The normalized spacial score (nSPS) is 24.9. The lowest BCUT2D eigenvalue weighted by molar-refractivity contribution is 0.324. The van der Waals surface area contributed by atoms with Crippen molar-refractivity contribution in [3.8, 4) is 0 Å². The molecule has 1 aliphatic carbocycles. The molecule has 112 valence electrons. The summed E-state index contributed by atoms with van der Waals surface area (Å²) in [5.41, 5.74) is 0. The van der Waals surface area contributed by atoms with Crippen LogP contribution in [0.2, 0.25) is 0 Å². The van der Waals surface area contributed by atoms with Crippen LogP contribution in [0.3, 0.4) is 0 Å². The van der Waals surface area contributed by atoms with Crippen LogP contribution in [0.4, 0.5) is 0 Å². The van der Waals surface area contributed by atoms with Gasteiger partial charge in [0.25, 0.3) is 0 Å². The largest absolute Gasteiger partial charge is 0.353 e. The summed E-state index contributed by atoms with van der Waals surface area (Å²) in [6.07, 6.45) is 4.69. The number of hydrogen-bond donors (Lipinski definition) is 3. The highest BCUT2D eigenvalue weighted by Gasteiger charge is 2.21. The van der Waals surface area contributed by atoms with Crippen LogP contribution < -0.4 is 16.5 Å². The van der Waals surface area contributed by atoms with E-state index in [0.717, 1.165) is 18.8 Å². The molecule has 19 heavy (non-hydrogen) atoms. The van der Waals surface area contributed by atoms with Gasteiger partial charge in [-0.2, -0.15) is 0 Å². The maximum atomic E-state index is 5.82. The molecule has 0 heterocycles. The quantitative estimate of drug-likeness (QED) is 0.313. The van der Waals surface area contributed by atoms with E-state index in [1.54, 1.807) is 5.01 Å². The zero-order chi connectivity index (χ0) is 14.4. The summed E-state index contributed by atoms with van der Waals surface area (Å²) in [6.45, 7) is 8.61. The summed E-state index contributed by atoms with van der Waals surface area (Å²) in [6, 6.07) is 1.98. The van der Waals surface area contributed by atoms with Crippen LogP contribution in [-0.2, 0) is 0 Å². The fourth-order valence-corrected chi connectivity index (χ4v) is 2.50. The van der Waals surface area contributed by atoms with Crippen LogP contribution in [0.1, 0.15) is 53.4 Å². The van der Waals surface area contributed by atoms with Crippen molar-refractivity contribution in [3.05, 3.63) is 0 Å². The van der Waals surface area contributed by atoms with Crippen molar-refractivity contribution in [3.63, 3.8) is 0 Å². The van der Waals surface area contributed by atoms with E-state index in [2.05, 4.69) is 38.3 Å². The highest BCUT2D eigenvalue weighted by molar-refractivity contribution is 5.79. The topological polar surface area (TPSA) is 65.7 Å². The minimum absolute atomic E-state index is 0.351. The third-order valence-electron chi connectivity index (χ3n) is 3.32. The van der Waals surface area contributed by atoms with Gasteiger partial charge in [0.15, 0.2) is 0 Å². The second-order valence-corrected chi connectivity index (χ2v) is 6.19. The third kappa shape index (κ3) is 6.25. The summed E-state index contributed by atoms with van der Waals surface area (Å²) in [7, 11) is 1.83. The van der Waals surface area contributed by atoms with Crippen LogP contribution in [0.5, 0.6) is 0 Å². The molecular weight excluding hydrogens is 238 g/mol. The first-order valence-electron chi connectivity index (χ1n) is 7.47. The average molecular weight is 269 g/mol. The number of nitrogens with two attached hydrogens (primary N) is 1. The average Bonchev–Trinajstić information content (AvgIpc) is 2.29. The van der Waals surface area contributed by atoms with E-state index in [-0.39, 0.29) is 0 Å². The Kier molecular flexibility index (Phi) is 6.58. The number of hydrogen-bond acceptors (Lipinski definition) is 3. The second-order valence-electron chi connectivity index (χ2n) is 6.19. The lowest BCUT2D eigenvalue weighted by Crippen LogP contribution is -2.47. The van der Waals surface area contributed by atoms with Crippen LogP contribution in [0.15, 0.2) is 4.99 Å². The molecule has 0 aliphatic heterocycles. The number of guanidine groups is 1. The van der Waals surface area contributed by atoms with Crippen LogP contribution in [0.25, 0.3) is 0 Å². The van der Waals surface area contributed by atoms with E-state index in [9.17, 15) is 0 Å². The molecule has 0 bridgehead atoms. The van der Waals surface area contributed by atoms with E-state index in [4.69, 9.17) is 10.8 Å². The molecule has 4 N–H and O–H groups in total. The lowest BCUT2D eigenvalue weighted by atomic mass is 9.91. The third-order valence-corrected chi connectivity index (χ3v) is 3.32. The fraction of sp³-hybridized carbons (Fsp3) is 0.929. The zero-order valence-electron chi connectivity index (χ0n) is 13.1. The van der Waals surface area contributed by atoms with Crippen molar-refractivity contribution in [1.29, 1.82) is 0 Å². The molecule has 1 fully saturated rings. The van der Waals surface area contributed by atoms with Gasteiger partial charge >= 0.3 is 0 Å². The molecule has 0 aromatic heterocycles. The summed E-state index contributed by atoms with van der Waals surface area (Å²) in [4.78, 5) is 4.77. The van der Waals surface area contributed by atoms with Gasteiger partial charge in [-0.15, -0.1) is 0 Å². The minimum Gasteiger partial charge on any atom is -0.353 e. The van der Waals surface area contributed by atoms with Crippen molar-refractivity contribution >= 4 is 5.96 Å². The van der Waals surface area contributed by atoms with Gasteiger partial charge in [0.1, 0.15) is 0 Å². The van der Waals surface area contributed by atoms with Gasteiger partial charge in [-0.1, -0.05) is 13.8 Å². The number of nitrogens with one attached hydrogen (secondary N) is 2. The molecule has 1 saturated carbocycles. The van der Waals surface area contributed by atoms with E-state index >= 15 is 0 Å². The summed E-state index contributed by atoms with van der Waals surface area (Å²) >= 11 is 0. The Morgan fingerprint density at radius 1 is 1.11 bits per heavy atom. The molecule has 5 heteroatoms. The number of nitrogens with zero attached hydrogens (tertiary/aromatic N) is 2. The highest BCUT2D eigenvalue weighted by atomic mass is 15.5. The molecular formula is C14H31N5. The Morgan fingerprint density at radius 2 is 1.68 bits per heavy atom. The Balaban J connectivity index is 2.49. The molecule has 0 unspecified atom stereocenters. The minimum atomic E-state index is 0.351. The van der Waals surface area contributed by atoms with Gasteiger partial charge in [-0.25, -0.2) is 10.8 Å². The molecule has 0 saturated heterocycles. The van der Waals surface area contributed by atoms with Crippen molar-refractivity contribution in [2.75, 3.05) is 7.05 Å². The lowest BCUT2D eigenvalue weighted by Gasteiger charge is -2.30. The van der Waals surface area contributed by atoms with Gasteiger partial charge in [0.05, 0.1) is 6.04 Å². The first kappa shape index (κ1) is 16.2. The second kappa shape index (κ2) is 7.70. The SMILES string of the molecule is CC(C)NC(=NC1CCC(NC(C)C)CC1)N(C)N. The molecule has 0 amide bonds. The first-order valence-corrected chi connectivity index (χ1v) is 7.47. The van der Waals surface area contributed by atoms with Gasteiger partial charge in [-0.05, 0) is 39.5 Å². The van der Waals surface area contributed by atoms with E-state index in [0.29, 0.717) is 24.2 Å². The smallest absolute Gasteiger partial charge is 0.208 e. The predicted octanol–water partition coefficient (Wildman–Crippen LogP) is 1.46. The summed E-state index contributed by atoms with van der Waals surface area (Å²) in [5, 5.41) is 8.50. The van der Waals surface area contributed by atoms with Gasteiger partial charge in [-0.3, -0.25) is 5.01 Å². The number of hydrazine groups is 1. The molecule has 1 aliphatic rings. The van der Waals surface area contributed by atoms with Crippen LogP contribution in [-0.4, -0.2) is 42.2 Å². The first-order chi connectivity index (χ1) is 8.88. The Hall–Kier alpha value is -0.810.